The van der Waals surface area contributed by atoms with Gasteiger partial charge in [-0.15, -0.1) is 11.3 Å². The van der Waals surface area contributed by atoms with E-state index in [1.54, 1.807) is 12.0 Å². The second-order valence-electron chi connectivity index (χ2n) is 6.98. The predicted molar refractivity (Wildman–Crippen MR) is 112 cm³/mol. The number of hydrogen-bond donors (Lipinski definition) is 1. The van der Waals surface area contributed by atoms with Gasteiger partial charge < -0.3 is 15.0 Å². The van der Waals surface area contributed by atoms with E-state index in [0.29, 0.717) is 18.1 Å². The summed E-state index contributed by atoms with van der Waals surface area (Å²) in [7, 11) is 1.64. The summed E-state index contributed by atoms with van der Waals surface area (Å²) in [6.07, 6.45) is 4.50. The van der Waals surface area contributed by atoms with Crippen molar-refractivity contribution in [2.75, 3.05) is 19.0 Å². The number of benzene rings is 1. The van der Waals surface area contributed by atoms with Crippen molar-refractivity contribution >= 4 is 28.3 Å². The highest BCUT2D eigenvalue weighted by Crippen LogP contribution is 2.33. The second kappa shape index (κ2) is 9.19. The lowest BCUT2D eigenvalue weighted by Gasteiger charge is -2.33. The fourth-order valence-corrected chi connectivity index (χ4v) is 4.63. The zero-order valence-corrected chi connectivity index (χ0v) is 17.5. The van der Waals surface area contributed by atoms with E-state index < -0.39 is 6.04 Å². The van der Waals surface area contributed by atoms with Gasteiger partial charge in [-0.2, -0.15) is 0 Å². The lowest BCUT2D eigenvalue weighted by Crippen LogP contribution is -2.49. The summed E-state index contributed by atoms with van der Waals surface area (Å²) >= 11 is 1.51. The van der Waals surface area contributed by atoms with Crippen molar-refractivity contribution in [3.8, 4) is 17.0 Å². The zero-order chi connectivity index (χ0) is 20.1. The summed E-state index contributed by atoms with van der Waals surface area (Å²) in [5.41, 5.74) is 1.90. The predicted octanol–water partition coefficient (Wildman–Crippen LogP) is 4.11. The lowest BCUT2D eigenvalue weighted by molar-refractivity contribution is -0.138. The fraction of sp³-hybridized carbons (Fsp3) is 0.476. The normalized spacial score (nSPS) is 16.7. The maximum Gasteiger partial charge on any atom is 0.248 e. The van der Waals surface area contributed by atoms with Crippen LogP contribution in [0.1, 0.15) is 44.4 Å². The Kier molecular flexibility index (Phi) is 6.67. The van der Waals surface area contributed by atoms with Crippen molar-refractivity contribution in [3.63, 3.8) is 0 Å². The minimum absolute atomic E-state index is 0.0513. The average molecular weight is 402 g/mol. The number of piperidine rings is 1. The molecule has 0 radical (unpaired) electrons. The zero-order valence-electron chi connectivity index (χ0n) is 16.7. The third-order valence-corrected chi connectivity index (χ3v) is 6.01. The van der Waals surface area contributed by atoms with Crippen molar-refractivity contribution in [3.05, 3.63) is 29.1 Å². The Morgan fingerprint density at radius 3 is 2.68 bits per heavy atom. The highest BCUT2D eigenvalue weighted by atomic mass is 32.1. The van der Waals surface area contributed by atoms with Gasteiger partial charge in [0.15, 0.2) is 5.13 Å². The smallest absolute Gasteiger partial charge is 0.248 e. The van der Waals surface area contributed by atoms with Crippen molar-refractivity contribution in [2.24, 2.45) is 0 Å². The van der Waals surface area contributed by atoms with E-state index in [0.717, 1.165) is 47.6 Å². The molecule has 1 aliphatic rings. The summed E-state index contributed by atoms with van der Waals surface area (Å²) in [5.74, 6) is 0.601. The first-order chi connectivity index (χ1) is 13.5. The average Bonchev–Trinajstić information content (AvgIpc) is 3.10. The van der Waals surface area contributed by atoms with E-state index in [-0.39, 0.29) is 11.8 Å². The van der Waals surface area contributed by atoms with Crippen molar-refractivity contribution in [1.29, 1.82) is 0 Å². The number of likely N-dealkylation sites (tertiary alicyclic amines) is 1. The Morgan fingerprint density at radius 2 is 2.04 bits per heavy atom. The van der Waals surface area contributed by atoms with E-state index in [2.05, 4.69) is 12.2 Å². The Balaban J connectivity index is 1.82. The van der Waals surface area contributed by atoms with Gasteiger partial charge in [0.25, 0.3) is 0 Å². The number of rotatable bonds is 6. The molecular weight excluding hydrogens is 374 g/mol. The molecule has 0 saturated carbocycles. The lowest BCUT2D eigenvalue weighted by atomic mass is 10.0. The first-order valence-electron chi connectivity index (χ1n) is 9.75. The van der Waals surface area contributed by atoms with E-state index in [1.807, 2.05) is 24.3 Å². The topological polar surface area (TPSA) is 71.5 Å². The number of aromatic nitrogens is 1. The molecule has 0 aliphatic carbocycles. The van der Waals surface area contributed by atoms with Gasteiger partial charge in [0, 0.05) is 23.9 Å². The number of thiazole rings is 1. The molecule has 1 aliphatic heterocycles. The molecule has 2 heterocycles. The Morgan fingerprint density at radius 1 is 1.29 bits per heavy atom. The van der Waals surface area contributed by atoms with Crippen LogP contribution >= 0.6 is 11.3 Å². The van der Waals surface area contributed by atoms with Crippen LogP contribution in [0.15, 0.2) is 24.3 Å². The third-order valence-electron chi connectivity index (χ3n) is 4.98. The summed E-state index contributed by atoms with van der Waals surface area (Å²) in [6, 6.07) is 7.38. The minimum atomic E-state index is -0.408. The highest BCUT2D eigenvalue weighted by Gasteiger charge is 2.31. The monoisotopic (exact) mass is 401 g/mol. The third kappa shape index (κ3) is 4.52. The highest BCUT2D eigenvalue weighted by molar-refractivity contribution is 7.16. The maximum atomic E-state index is 12.8. The number of carbonyl (C=O) groups excluding carboxylic acids is 2. The number of hydrogen-bond acceptors (Lipinski definition) is 5. The number of amides is 2. The summed E-state index contributed by atoms with van der Waals surface area (Å²) < 4.78 is 5.23. The molecular formula is C21H27N3O3S. The van der Waals surface area contributed by atoms with Crippen LogP contribution in [-0.4, -0.2) is 41.4 Å². The van der Waals surface area contributed by atoms with Crippen LogP contribution in [0.5, 0.6) is 5.75 Å². The molecule has 28 heavy (non-hydrogen) atoms. The number of carbonyl (C=O) groups is 2. The molecule has 0 bridgehead atoms. The summed E-state index contributed by atoms with van der Waals surface area (Å²) in [6.45, 7) is 4.29. The molecule has 1 N–H and O–H groups in total. The number of anilines is 1. The Bertz CT molecular complexity index is 832. The van der Waals surface area contributed by atoms with Crippen LogP contribution in [0, 0.1) is 0 Å². The van der Waals surface area contributed by atoms with Gasteiger partial charge in [-0.3, -0.25) is 9.59 Å². The van der Waals surface area contributed by atoms with Crippen LogP contribution in [0.2, 0.25) is 0 Å². The van der Waals surface area contributed by atoms with Crippen LogP contribution in [0.3, 0.4) is 0 Å². The van der Waals surface area contributed by atoms with Crippen LogP contribution in [-0.2, 0) is 16.0 Å². The van der Waals surface area contributed by atoms with E-state index >= 15 is 0 Å². The number of nitrogens with zero attached hydrogens (tertiary/aromatic N) is 2. The number of aryl methyl sites for hydroxylation is 1. The van der Waals surface area contributed by atoms with E-state index in [1.165, 1.54) is 18.3 Å². The molecule has 2 amide bonds. The van der Waals surface area contributed by atoms with Gasteiger partial charge >= 0.3 is 0 Å². The molecule has 1 fully saturated rings. The SMILES string of the molecule is CCCc1sc(NC(=O)C2CCCCN2C(C)=O)nc1-c1ccc(OC)cc1. The number of ether oxygens (including phenoxy) is 1. The molecule has 7 heteroatoms. The maximum absolute atomic E-state index is 12.8. The molecule has 1 aromatic heterocycles. The molecule has 1 aromatic carbocycles. The molecule has 2 aromatic rings. The standard InChI is InChI=1S/C21H27N3O3S/c1-4-7-18-19(15-9-11-16(27-3)12-10-15)22-21(28-18)23-20(26)17-8-5-6-13-24(17)14(2)25/h9-12,17H,4-8,13H2,1-3H3,(H,22,23,26). The molecule has 3 rings (SSSR count). The number of methoxy groups -OCH3 is 1. The molecule has 6 nitrogen and oxygen atoms in total. The molecule has 0 spiro atoms. The second-order valence-corrected chi connectivity index (χ2v) is 8.07. The van der Waals surface area contributed by atoms with Crippen LogP contribution < -0.4 is 10.1 Å². The Hall–Kier alpha value is -2.41. The molecule has 1 unspecified atom stereocenters. The van der Waals surface area contributed by atoms with Gasteiger partial charge in [0.2, 0.25) is 11.8 Å². The van der Waals surface area contributed by atoms with Crippen LogP contribution in [0.4, 0.5) is 5.13 Å². The van der Waals surface area contributed by atoms with Gasteiger partial charge in [-0.1, -0.05) is 13.3 Å². The van der Waals surface area contributed by atoms with Gasteiger partial charge in [-0.05, 0) is 49.9 Å². The van der Waals surface area contributed by atoms with E-state index in [4.69, 9.17) is 9.72 Å². The molecule has 150 valence electrons. The quantitative estimate of drug-likeness (QED) is 0.791. The fourth-order valence-electron chi connectivity index (χ4n) is 3.55. The largest absolute Gasteiger partial charge is 0.497 e. The van der Waals surface area contributed by atoms with Gasteiger partial charge in [0.1, 0.15) is 11.8 Å². The van der Waals surface area contributed by atoms with Crippen molar-refractivity contribution in [2.45, 2.75) is 52.0 Å². The van der Waals surface area contributed by atoms with Crippen molar-refractivity contribution in [1.82, 2.24) is 9.88 Å². The Labute approximate surface area is 169 Å². The minimum Gasteiger partial charge on any atom is -0.497 e. The first kappa shape index (κ1) is 20.3. The van der Waals surface area contributed by atoms with Gasteiger partial charge in [0.05, 0.1) is 12.8 Å². The van der Waals surface area contributed by atoms with Gasteiger partial charge in [-0.25, -0.2) is 4.98 Å². The first-order valence-corrected chi connectivity index (χ1v) is 10.6. The molecule has 1 saturated heterocycles. The summed E-state index contributed by atoms with van der Waals surface area (Å²) in [4.78, 5) is 32.2. The van der Waals surface area contributed by atoms with Crippen molar-refractivity contribution < 1.29 is 14.3 Å². The molecule has 1 atom stereocenters. The number of nitrogens with one attached hydrogen (secondary N) is 1. The van der Waals surface area contributed by atoms with Crippen LogP contribution in [0.25, 0.3) is 11.3 Å². The summed E-state index contributed by atoms with van der Waals surface area (Å²) in [5, 5.41) is 3.55. The van der Waals surface area contributed by atoms with E-state index in [9.17, 15) is 9.59 Å².